The number of aromatic hydroxyl groups is 1. The normalized spacial score (nSPS) is 11.9. The number of furan rings is 2. The Morgan fingerprint density at radius 3 is 2.73 bits per heavy atom. The maximum absolute atomic E-state index is 10.7. The van der Waals surface area contributed by atoms with Gasteiger partial charge in [0.2, 0.25) is 0 Å². The molecule has 3 heteroatoms. The highest BCUT2D eigenvalue weighted by Crippen LogP contribution is 2.43. The predicted molar refractivity (Wildman–Crippen MR) is 88.4 cm³/mol. The van der Waals surface area contributed by atoms with Crippen molar-refractivity contribution in [2.75, 3.05) is 0 Å². The number of phenolic OH excluding ortho intramolecular Hbond substituents is 1. The minimum Gasteiger partial charge on any atom is -0.507 e. The zero-order valence-electron chi connectivity index (χ0n) is 12.6. The zero-order valence-corrected chi connectivity index (χ0v) is 12.6. The second kappa shape index (κ2) is 5.09. The van der Waals surface area contributed by atoms with Gasteiger partial charge in [-0.15, -0.1) is 0 Å². The van der Waals surface area contributed by atoms with Gasteiger partial charge in [-0.05, 0) is 25.0 Å². The third-order valence-corrected chi connectivity index (χ3v) is 4.34. The van der Waals surface area contributed by atoms with Gasteiger partial charge in [0.1, 0.15) is 11.3 Å². The van der Waals surface area contributed by atoms with Crippen molar-refractivity contribution in [1.82, 2.24) is 0 Å². The quantitative estimate of drug-likeness (QED) is 0.486. The molecule has 0 aliphatic carbocycles. The lowest BCUT2D eigenvalue weighted by Gasteiger charge is -2.07. The van der Waals surface area contributed by atoms with E-state index in [-0.39, 0.29) is 0 Å². The van der Waals surface area contributed by atoms with Gasteiger partial charge >= 0.3 is 0 Å². The Bertz CT molecular complexity index is 959. The standard InChI is InChI=1S/C19H18O3/c1-2-3-4-8-13-16-12-7-5-6-9-15(12)22-19(16)18-14(17(13)20)10-11-21-18/h5-7,9-11,20H,2-4,8H2,1H3. The van der Waals surface area contributed by atoms with Crippen LogP contribution in [-0.4, -0.2) is 5.11 Å². The molecule has 0 spiro atoms. The predicted octanol–water partition coefficient (Wildman–Crippen LogP) is 5.77. The summed E-state index contributed by atoms with van der Waals surface area (Å²) in [6.07, 6.45) is 5.82. The van der Waals surface area contributed by atoms with Crippen LogP contribution in [-0.2, 0) is 6.42 Å². The van der Waals surface area contributed by atoms with Gasteiger partial charge in [0.25, 0.3) is 0 Å². The van der Waals surface area contributed by atoms with Gasteiger partial charge in [-0.25, -0.2) is 0 Å². The molecule has 3 nitrogen and oxygen atoms in total. The van der Waals surface area contributed by atoms with E-state index in [0.717, 1.165) is 58.6 Å². The van der Waals surface area contributed by atoms with Crippen molar-refractivity contribution in [1.29, 1.82) is 0 Å². The lowest BCUT2D eigenvalue weighted by molar-refractivity contribution is 0.473. The molecule has 0 saturated heterocycles. The van der Waals surface area contributed by atoms with Gasteiger partial charge in [-0.3, -0.25) is 0 Å². The van der Waals surface area contributed by atoms with Crippen LogP contribution in [0, 0.1) is 0 Å². The van der Waals surface area contributed by atoms with Crippen molar-refractivity contribution in [2.24, 2.45) is 0 Å². The van der Waals surface area contributed by atoms with Crippen LogP contribution in [0.4, 0.5) is 0 Å². The van der Waals surface area contributed by atoms with E-state index >= 15 is 0 Å². The van der Waals surface area contributed by atoms with Crippen molar-refractivity contribution >= 4 is 32.9 Å². The SMILES string of the molecule is CCCCCc1c(O)c2ccoc2c2oc3ccccc3c12. The fourth-order valence-electron chi connectivity index (χ4n) is 3.25. The highest BCUT2D eigenvalue weighted by molar-refractivity contribution is 6.17. The Morgan fingerprint density at radius 2 is 1.86 bits per heavy atom. The molecule has 4 aromatic rings. The summed E-state index contributed by atoms with van der Waals surface area (Å²) in [7, 11) is 0. The molecular formula is C19H18O3. The number of hydrogen-bond donors (Lipinski definition) is 1. The molecule has 0 bridgehead atoms. The Labute approximate surface area is 128 Å². The van der Waals surface area contributed by atoms with Gasteiger partial charge in [0.05, 0.1) is 11.6 Å². The molecule has 0 aliphatic rings. The first-order valence-electron chi connectivity index (χ1n) is 7.83. The Balaban J connectivity index is 2.09. The molecule has 0 aliphatic heterocycles. The third-order valence-electron chi connectivity index (χ3n) is 4.34. The summed E-state index contributed by atoms with van der Waals surface area (Å²) in [6, 6.07) is 9.76. The van der Waals surface area contributed by atoms with Gasteiger partial charge in [0, 0.05) is 16.3 Å². The highest BCUT2D eigenvalue weighted by atomic mass is 16.4. The maximum atomic E-state index is 10.7. The molecule has 1 N–H and O–H groups in total. The largest absolute Gasteiger partial charge is 0.507 e. The van der Waals surface area contributed by atoms with Crippen LogP contribution in [0.2, 0.25) is 0 Å². The Kier molecular flexibility index (Phi) is 3.07. The van der Waals surface area contributed by atoms with Gasteiger partial charge < -0.3 is 13.9 Å². The highest BCUT2D eigenvalue weighted by Gasteiger charge is 2.21. The molecule has 2 heterocycles. The minimum atomic E-state index is 0.332. The van der Waals surface area contributed by atoms with Crippen LogP contribution in [0.25, 0.3) is 32.9 Å². The first-order valence-corrected chi connectivity index (χ1v) is 7.83. The smallest absolute Gasteiger partial charge is 0.180 e. The summed E-state index contributed by atoms with van der Waals surface area (Å²) >= 11 is 0. The lowest BCUT2D eigenvalue weighted by Crippen LogP contribution is -1.89. The number of hydrogen-bond acceptors (Lipinski definition) is 3. The van der Waals surface area contributed by atoms with E-state index in [1.165, 1.54) is 0 Å². The van der Waals surface area contributed by atoms with Crippen molar-refractivity contribution in [2.45, 2.75) is 32.6 Å². The van der Waals surface area contributed by atoms with Gasteiger partial charge in [-0.1, -0.05) is 38.0 Å². The van der Waals surface area contributed by atoms with E-state index in [1.807, 2.05) is 24.3 Å². The van der Waals surface area contributed by atoms with Crippen LogP contribution >= 0.6 is 0 Å². The molecule has 0 radical (unpaired) electrons. The molecule has 0 fully saturated rings. The summed E-state index contributed by atoms with van der Waals surface area (Å²) in [5, 5.41) is 13.5. The van der Waals surface area contributed by atoms with Crippen LogP contribution in [0.15, 0.2) is 45.4 Å². The first kappa shape index (κ1) is 13.3. The Morgan fingerprint density at radius 1 is 1.00 bits per heavy atom. The average Bonchev–Trinajstić information content (AvgIpc) is 3.15. The monoisotopic (exact) mass is 294 g/mol. The Hall–Kier alpha value is -2.42. The second-order valence-corrected chi connectivity index (χ2v) is 5.75. The topological polar surface area (TPSA) is 46.5 Å². The number of para-hydroxylation sites is 1. The number of aryl methyl sites for hydroxylation is 1. The summed E-state index contributed by atoms with van der Waals surface area (Å²) in [5.74, 6) is 0.332. The van der Waals surface area contributed by atoms with E-state index in [9.17, 15) is 5.11 Å². The molecule has 112 valence electrons. The van der Waals surface area contributed by atoms with E-state index in [2.05, 4.69) is 6.92 Å². The number of unbranched alkanes of at least 4 members (excludes halogenated alkanes) is 2. The number of benzene rings is 2. The zero-order chi connectivity index (χ0) is 15.1. The molecule has 0 unspecified atom stereocenters. The van der Waals surface area contributed by atoms with Crippen LogP contribution in [0.5, 0.6) is 5.75 Å². The van der Waals surface area contributed by atoms with Crippen molar-refractivity contribution in [3.05, 3.63) is 42.2 Å². The second-order valence-electron chi connectivity index (χ2n) is 5.75. The average molecular weight is 294 g/mol. The summed E-state index contributed by atoms with van der Waals surface area (Å²) in [6.45, 7) is 2.18. The van der Waals surface area contributed by atoms with Crippen LogP contribution < -0.4 is 0 Å². The van der Waals surface area contributed by atoms with E-state index in [4.69, 9.17) is 8.83 Å². The van der Waals surface area contributed by atoms with Crippen LogP contribution in [0.3, 0.4) is 0 Å². The molecule has 4 rings (SSSR count). The van der Waals surface area contributed by atoms with E-state index < -0.39 is 0 Å². The minimum absolute atomic E-state index is 0.332. The number of rotatable bonds is 4. The van der Waals surface area contributed by atoms with E-state index in [0.29, 0.717) is 11.3 Å². The molecule has 2 aromatic heterocycles. The fraction of sp³-hybridized carbons (Fsp3) is 0.263. The van der Waals surface area contributed by atoms with Gasteiger partial charge in [-0.2, -0.15) is 0 Å². The molecular weight excluding hydrogens is 276 g/mol. The van der Waals surface area contributed by atoms with Crippen molar-refractivity contribution in [3.8, 4) is 5.75 Å². The first-order chi connectivity index (χ1) is 10.8. The summed E-state index contributed by atoms with van der Waals surface area (Å²) in [4.78, 5) is 0. The molecule has 0 saturated carbocycles. The van der Waals surface area contributed by atoms with Gasteiger partial charge in [0.15, 0.2) is 11.2 Å². The molecule has 0 amide bonds. The molecule has 2 aromatic carbocycles. The third kappa shape index (κ3) is 1.82. The summed E-state index contributed by atoms with van der Waals surface area (Å²) < 4.78 is 11.6. The van der Waals surface area contributed by atoms with E-state index in [1.54, 1.807) is 12.3 Å². The van der Waals surface area contributed by atoms with Crippen molar-refractivity contribution < 1.29 is 13.9 Å². The summed E-state index contributed by atoms with van der Waals surface area (Å²) in [5.41, 5.74) is 3.17. The molecule has 22 heavy (non-hydrogen) atoms. The van der Waals surface area contributed by atoms with Crippen LogP contribution in [0.1, 0.15) is 31.7 Å². The molecule has 0 atom stereocenters. The maximum Gasteiger partial charge on any atom is 0.180 e. The fourth-order valence-corrected chi connectivity index (χ4v) is 3.25. The number of phenols is 1. The number of fused-ring (bicyclic) bond motifs is 5. The lowest BCUT2D eigenvalue weighted by atomic mass is 9.98. The van der Waals surface area contributed by atoms with Crippen molar-refractivity contribution in [3.63, 3.8) is 0 Å².